The first-order valence-electron chi connectivity index (χ1n) is 9.48. The van der Waals surface area contributed by atoms with E-state index < -0.39 is 11.9 Å². The Hall–Kier alpha value is -2.77. The van der Waals surface area contributed by atoms with Crippen LogP contribution in [0.4, 0.5) is 0 Å². The van der Waals surface area contributed by atoms with Crippen LogP contribution in [0.3, 0.4) is 0 Å². The molecule has 0 aromatic heterocycles. The summed E-state index contributed by atoms with van der Waals surface area (Å²) in [5.41, 5.74) is 0.316. The number of hydrogen-bond acceptors (Lipinski definition) is 6. The minimum Gasteiger partial charge on any atom is -0.493 e. The van der Waals surface area contributed by atoms with Crippen LogP contribution in [0.5, 0.6) is 11.5 Å². The van der Waals surface area contributed by atoms with Crippen LogP contribution in [0, 0.1) is 0 Å². The number of amides is 2. The van der Waals surface area contributed by atoms with Gasteiger partial charge < -0.3 is 24.8 Å². The van der Waals surface area contributed by atoms with Gasteiger partial charge in [0.1, 0.15) is 6.54 Å². The first-order valence-corrected chi connectivity index (χ1v) is 9.48. The Bertz CT molecular complexity index is 683. The molecule has 28 heavy (non-hydrogen) atoms. The third-order valence-electron chi connectivity index (χ3n) is 4.62. The molecule has 8 nitrogen and oxygen atoms in total. The number of ether oxygens (including phenoxy) is 3. The second-order valence-electron chi connectivity index (χ2n) is 6.67. The third-order valence-corrected chi connectivity index (χ3v) is 4.62. The van der Waals surface area contributed by atoms with Crippen molar-refractivity contribution in [1.29, 1.82) is 0 Å². The van der Waals surface area contributed by atoms with Gasteiger partial charge in [0, 0.05) is 11.6 Å². The molecule has 1 aromatic rings. The van der Waals surface area contributed by atoms with Crippen molar-refractivity contribution in [3.8, 4) is 11.5 Å². The molecule has 1 aliphatic rings. The summed E-state index contributed by atoms with van der Waals surface area (Å²) in [6.07, 6.45) is 6.52. The van der Waals surface area contributed by atoms with E-state index >= 15 is 0 Å². The number of nitrogens with one attached hydrogen (secondary N) is 2. The summed E-state index contributed by atoms with van der Waals surface area (Å²) < 4.78 is 15.2. The molecule has 2 rings (SSSR count). The first-order chi connectivity index (χ1) is 13.5. The molecule has 2 N–H and O–H groups in total. The zero-order chi connectivity index (χ0) is 20.4. The predicted octanol–water partition coefficient (Wildman–Crippen LogP) is 1.82. The van der Waals surface area contributed by atoms with Crippen molar-refractivity contribution in [2.24, 2.45) is 0 Å². The lowest BCUT2D eigenvalue weighted by molar-refractivity contribution is -0.147. The van der Waals surface area contributed by atoms with Crippen molar-refractivity contribution in [2.75, 3.05) is 27.4 Å². The minimum atomic E-state index is -0.676. The van der Waals surface area contributed by atoms with Crippen LogP contribution in [-0.2, 0) is 14.3 Å². The van der Waals surface area contributed by atoms with Crippen LogP contribution in [-0.4, -0.2) is 51.2 Å². The molecule has 1 aliphatic carbocycles. The fourth-order valence-electron chi connectivity index (χ4n) is 3.12. The topological polar surface area (TPSA) is 103 Å². The van der Waals surface area contributed by atoms with Crippen LogP contribution in [0.2, 0.25) is 0 Å². The first kappa shape index (κ1) is 21.5. The highest BCUT2D eigenvalue weighted by Gasteiger charge is 2.16. The van der Waals surface area contributed by atoms with E-state index in [1.54, 1.807) is 12.1 Å². The van der Waals surface area contributed by atoms with Gasteiger partial charge in [0.15, 0.2) is 18.1 Å². The van der Waals surface area contributed by atoms with Gasteiger partial charge in [0.2, 0.25) is 0 Å². The lowest BCUT2D eigenvalue weighted by Gasteiger charge is -2.16. The van der Waals surface area contributed by atoms with Gasteiger partial charge in [0.25, 0.3) is 11.8 Å². The third kappa shape index (κ3) is 6.75. The van der Waals surface area contributed by atoms with Gasteiger partial charge in [-0.25, -0.2) is 0 Å². The molecule has 0 aliphatic heterocycles. The van der Waals surface area contributed by atoms with Crippen molar-refractivity contribution in [2.45, 2.75) is 44.6 Å². The van der Waals surface area contributed by atoms with Gasteiger partial charge >= 0.3 is 5.97 Å². The molecule has 2 amide bonds. The van der Waals surface area contributed by atoms with Crippen LogP contribution in [0.1, 0.15) is 48.9 Å². The maximum absolute atomic E-state index is 12.2. The number of hydrogen-bond donors (Lipinski definition) is 2. The Morgan fingerprint density at radius 3 is 2.32 bits per heavy atom. The summed E-state index contributed by atoms with van der Waals surface area (Å²) in [6.45, 7) is -0.675. The molecule has 0 spiro atoms. The second-order valence-corrected chi connectivity index (χ2v) is 6.67. The summed E-state index contributed by atoms with van der Waals surface area (Å²) in [6, 6.07) is 4.82. The van der Waals surface area contributed by atoms with Crippen molar-refractivity contribution in [3.63, 3.8) is 0 Å². The van der Waals surface area contributed by atoms with E-state index in [1.165, 1.54) is 33.1 Å². The lowest BCUT2D eigenvalue weighted by Crippen LogP contribution is -2.38. The maximum atomic E-state index is 12.2. The van der Waals surface area contributed by atoms with E-state index in [2.05, 4.69) is 10.6 Å². The number of carbonyl (C=O) groups excluding carboxylic acids is 3. The van der Waals surface area contributed by atoms with E-state index in [1.807, 2.05) is 0 Å². The van der Waals surface area contributed by atoms with Crippen LogP contribution in [0.25, 0.3) is 0 Å². The predicted molar refractivity (Wildman–Crippen MR) is 102 cm³/mol. The zero-order valence-corrected chi connectivity index (χ0v) is 16.4. The highest BCUT2D eigenvalue weighted by atomic mass is 16.5. The number of rotatable bonds is 8. The summed E-state index contributed by atoms with van der Waals surface area (Å²) in [5, 5.41) is 5.36. The highest BCUT2D eigenvalue weighted by Crippen LogP contribution is 2.27. The van der Waals surface area contributed by atoms with Gasteiger partial charge in [-0.05, 0) is 31.0 Å². The van der Waals surface area contributed by atoms with Crippen LogP contribution >= 0.6 is 0 Å². The van der Waals surface area contributed by atoms with Gasteiger partial charge in [-0.15, -0.1) is 0 Å². The second kappa shape index (κ2) is 11.2. The fourth-order valence-corrected chi connectivity index (χ4v) is 3.12. The smallest absolute Gasteiger partial charge is 0.325 e. The summed E-state index contributed by atoms with van der Waals surface area (Å²) in [5.74, 6) is -0.539. The standard InChI is InChI=1S/C20H28N2O6/c1-26-16-10-9-14(11-17(16)27-2)20(25)21-12-19(24)28-13-18(23)22-15-7-5-3-4-6-8-15/h9-11,15H,3-8,12-13H2,1-2H3,(H,21,25)(H,22,23). The molecular formula is C20H28N2O6. The molecule has 154 valence electrons. The molecule has 0 atom stereocenters. The molecule has 0 radical (unpaired) electrons. The lowest BCUT2D eigenvalue weighted by atomic mass is 10.1. The Morgan fingerprint density at radius 1 is 1.00 bits per heavy atom. The Morgan fingerprint density at radius 2 is 1.68 bits per heavy atom. The SMILES string of the molecule is COc1ccc(C(=O)NCC(=O)OCC(=O)NC2CCCCCC2)cc1OC. The van der Waals surface area contributed by atoms with E-state index in [-0.39, 0.29) is 25.1 Å². The van der Waals surface area contributed by atoms with E-state index in [0.717, 1.165) is 25.7 Å². The van der Waals surface area contributed by atoms with Gasteiger partial charge in [-0.2, -0.15) is 0 Å². The molecule has 1 fully saturated rings. The largest absolute Gasteiger partial charge is 0.493 e. The Labute approximate surface area is 164 Å². The van der Waals surface area contributed by atoms with Gasteiger partial charge in [-0.3, -0.25) is 14.4 Å². The van der Waals surface area contributed by atoms with Gasteiger partial charge in [0.05, 0.1) is 14.2 Å². The van der Waals surface area contributed by atoms with Crippen molar-refractivity contribution >= 4 is 17.8 Å². The molecule has 8 heteroatoms. The maximum Gasteiger partial charge on any atom is 0.325 e. The van der Waals surface area contributed by atoms with Crippen LogP contribution < -0.4 is 20.1 Å². The van der Waals surface area contributed by atoms with Crippen molar-refractivity contribution in [3.05, 3.63) is 23.8 Å². The van der Waals surface area contributed by atoms with E-state index in [0.29, 0.717) is 17.1 Å². The molecular weight excluding hydrogens is 364 g/mol. The monoisotopic (exact) mass is 392 g/mol. The zero-order valence-electron chi connectivity index (χ0n) is 16.4. The normalized spacial score (nSPS) is 14.5. The summed E-state index contributed by atoms with van der Waals surface area (Å²) in [7, 11) is 2.97. The Kier molecular flexibility index (Phi) is 8.58. The molecule has 0 unspecified atom stereocenters. The van der Waals surface area contributed by atoms with Crippen LogP contribution in [0.15, 0.2) is 18.2 Å². The Balaban J connectivity index is 1.72. The van der Waals surface area contributed by atoms with Crippen molar-refractivity contribution in [1.82, 2.24) is 10.6 Å². The van der Waals surface area contributed by atoms with Gasteiger partial charge in [-0.1, -0.05) is 25.7 Å². The average Bonchev–Trinajstić information content (AvgIpc) is 2.98. The molecule has 0 heterocycles. The molecule has 1 saturated carbocycles. The molecule has 1 aromatic carbocycles. The van der Waals surface area contributed by atoms with E-state index in [9.17, 15) is 14.4 Å². The minimum absolute atomic E-state index is 0.151. The fraction of sp³-hybridized carbons (Fsp3) is 0.550. The molecule has 0 bridgehead atoms. The summed E-state index contributed by atoms with van der Waals surface area (Å²) in [4.78, 5) is 35.9. The van der Waals surface area contributed by atoms with E-state index in [4.69, 9.17) is 14.2 Å². The van der Waals surface area contributed by atoms with Crippen molar-refractivity contribution < 1.29 is 28.6 Å². The number of methoxy groups -OCH3 is 2. The quantitative estimate of drug-likeness (QED) is 0.517. The number of carbonyl (C=O) groups is 3. The summed E-state index contributed by atoms with van der Waals surface area (Å²) >= 11 is 0. The number of esters is 1. The molecule has 0 saturated heterocycles. The highest BCUT2D eigenvalue weighted by molar-refractivity contribution is 5.96. The average molecular weight is 392 g/mol. The number of benzene rings is 1.